The summed E-state index contributed by atoms with van der Waals surface area (Å²) >= 11 is 5.98. The van der Waals surface area contributed by atoms with Gasteiger partial charge in [0.05, 0.1) is 5.02 Å². The number of hydrogen-bond acceptors (Lipinski definition) is 2. The van der Waals surface area contributed by atoms with E-state index in [4.69, 9.17) is 16.3 Å². The van der Waals surface area contributed by atoms with Crippen LogP contribution in [0, 0.1) is 11.6 Å². The predicted octanol–water partition coefficient (Wildman–Crippen LogP) is 5.81. The second kappa shape index (κ2) is 7.99. The Morgan fingerprint density at radius 2 is 1.52 bits per heavy atom. The Bertz CT molecular complexity index is 835. The van der Waals surface area contributed by atoms with Gasteiger partial charge in [0.15, 0.2) is 0 Å². The van der Waals surface area contributed by atoms with Crippen LogP contribution < -0.4 is 10.1 Å². The summed E-state index contributed by atoms with van der Waals surface area (Å²) in [6.07, 6.45) is 0. The summed E-state index contributed by atoms with van der Waals surface area (Å²) in [5, 5.41) is 3.57. The van der Waals surface area contributed by atoms with Crippen LogP contribution in [0.2, 0.25) is 5.02 Å². The predicted molar refractivity (Wildman–Crippen MR) is 95.9 cm³/mol. The zero-order valence-electron chi connectivity index (χ0n) is 13.3. The van der Waals surface area contributed by atoms with Gasteiger partial charge in [-0.25, -0.2) is 8.78 Å². The first-order valence-corrected chi connectivity index (χ1v) is 8.13. The first kappa shape index (κ1) is 17.2. The molecule has 1 N–H and O–H groups in total. The van der Waals surface area contributed by atoms with Crippen LogP contribution in [-0.4, -0.2) is 0 Å². The van der Waals surface area contributed by atoms with Crippen molar-refractivity contribution in [2.45, 2.75) is 13.2 Å². The van der Waals surface area contributed by atoms with Crippen molar-refractivity contribution < 1.29 is 13.5 Å². The van der Waals surface area contributed by atoms with Gasteiger partial charge < -0.3 is 10.1 Å². The number of benzene rings is 3. The van der Waals surface area contributed by atoms with Crippen LogP contribution in [0.1, 0.15) is 11.1 Å². The third-order valence-corrected chi connectivity index (χ3v) is 4.03. The molecule has 0 aliphatic heterocycles. The topological polar surface area (TPSA) is 21.3 Å². The molecule has 0 atom stereocenters. The molecule has 0 saturated heterocycles. The van der Waals surface area contributed by atoms with Gasteiger partial charge in [0.2, 0.25) is 0 Å². The first-order chi connectivity index (χ1) is 12.1. The number of ether oxygens (including phenoxy) is 1. The van der Waals surface area contributed by atoms with Crippen LogP contribution in [0.15, 0.2) is 66.7 Å². The molecule has 0 radical (unpaired) electrons. The quantitative estimate of drug-likeness (QED) is 0.599. The number of rotatable bonds is 6. The minimum absolute atomic E-state index is 0.256. The standard InChI is InChI=1S/C20H16ClF2NO/c21-20-11-17(23)4-3-15(20)13-25-19-9-1-14(2-10-19)12-24-18-7-5-16(22)6-8-18/h1-11,24H,12-13H2. The summed E-state index contributed by atoms with van der Waals surface area (Å²) in [6, 6.07) is 18.1. The Kier molecular flexibility index (Phi) is 5.51. The first-order valence-electron chi connectivity index (χ1n) is 7.75. The van der Waals surface area contributed by atoms with Crippen molar-refractivity contribution in [3.8, 4) is 5.75 Å². The minimum atomic E-state index is -0.369. The maximum Gasteiger partial charge on any atom is 0.124 e. The lowest BCUT2D eigenvalue weighted by Gasteiger charge is -2.10. The van der Waals surface area contributed by atoms with Crippen molar-refractivity contribution in [3.63, 3.8) is 0 Å². The highest BCUT2D eigenvalue weighted by molar-refractivity contribution is 6.31. The van der Waals surface area contributed by atoms with E-state index in [1.54, 1.807) is 18.2 Å². The smallest absolute Gasteiger partial charge is 0.124 e. The van der Waals surface area contributed by atoms with Crippen molar-refractivity contribution in [2.75, 3.05) is 5.32 Å². The van der Waals surface area contributed by atoms with E-state index >= 15 is 0 Å². The molecular weight excluding hydrogens is 344 g/mol. The van der Waals surface area contributed by atoms with Crippen molar-refractivity contribution in [1.29, 1.82) is 0 Å². The van der Waals surface area contributed by atoms with Gasteiger partial charge in [-0.3, -0.25) is 0 Å². The Morgan fingerprint density at radius 1 is 0.840 bits per heavy atom. The summed E-state index contributed by atoms with van der Waals surface area (Å²) in [4.78, 5) is 0. The number of anilines is 1. The molecule has 0 amide bonds. The number of hydrogen-bond donors (Lipinski definition) is 1. The summed E-state index contributed by atoms with van der Waals surface area (Å²) in [5.41, 5.74) is 2.65. The van der Waals surface area contributed by atoms with Crippen LogP contribution in [-0.2, 0) is 13.2 Å². The zero-order valence-corrected chi connectivity index (χ0v) is 14.1. The molecular formula is C20H16ClF2NO. The van der Waals surface area contributed by atoms with Crippen molar-refractivity contribution in [1.82, 2.24) is 0 Å². The highest BCUT2D eigenvalue weighted by Crippen LogP contribution is 2.20. The molecule has 0 bridgehead atoms. The zero-order chi connectivity index (χ0) is 17.6. The molecule has 25 heavy (non-hydrogen) atoms. The summed E-state index contributed by atoms with van der Waals surface area (Å²) in [7, 11) is 0. The summed E-state index contributed by atoms with van der Waals surface area (Å²) < 4.78 is 31.6. The van der Waals surface area contributed by atoms with Crippen molar-refractivity contribution in [3.05, 3.63) is 94.5 Å². The molecule has 0 heterocycles. The average molecular weight is 360 g/mol. The van der Waals surface area contributed by atoms with Crippen LogP contribution in [0.25, 0.3) is 0 Å². The molecule has 0 aliphatic rings. The van der Waals surface area contributed by atoms with E-state index in [2.05, 4.69) is 5.32 Å². The molecule has 0 spiro atoms. The fourth-order valence-corrected chi connectivity index (χ4v) is 2.50. The Labute approximate surface area is 150 Å². The summed E-state index contributed by atoms with van der Waals surface area (Å²) in [6.45, 7) is 0.891. The van der Waals surface area contributed by atoms with Gasteiger partial charge in [-0.15, -0.1) is 0 Å². The largest absolute Gasteiger partial charge is 0.489 e. The van der Waals surface area contributed by atoms with E-state index in [9.17, 15) is 8.78 Å². The molecule has 0 aromatic heterocycles. The lowest BCUT2D eigenvalue weighted by molar-refractivity contribution is 0.306. The molecule has 128 valence electrons. The maximum atomic E-state index is 13.0. The van der Waals surface area contributed by atoms with Crippen molar-refractivity contribution in [2.24, 2.45) is 0 Å². The van der Waals surface area contributed by atoms with Crippen LogP contribution in [0.5, 0.6) is 5.75 Å². The normalized spacial score (nSPS) is 10.5. The van der Waals surface area contributed by atoms with Gasteiger partial charge in [-0.05, 0) is 54.1 Å². The molecule has 2 nitrogen and oxygen atoms in total. The molecule has 3 rings (SSSR count). The fraction of sp³-hybridized carbons (Fsp3) is 0.100. The SMILES string of the molecule is Fc1ccc(NCc2ccc(OCc3ccc(F)cc3Cl)cc2)cc1. The molecule has 0 unspecified atom stereocenters. The maximum absolute atomic E-state index is 13.0. The number of halogens is 3. The molecule has 0 aliphatic carbocycles. The second-order valence-electron chi connectivity index (χ2n) is 5.53. The van der Waals surface area contributed by atoms with E-state index < -0.39 is 0 Å². The monoisotopic (exact) mass is 359 g/mol. The van der Waals surface area contributed by atoms with Gasteiger partial charge >= 0.3 is 0 Å². The highest BCUT2D eigenvalue weighted by atomic mass is 35.5. The molecule has 3 aromatic rings. The van der Waals surface area contributed by atoms with Gasteiger partial charge in [0, 0.05) is 17.8 Å². The van der Waals surface area contributed by atoms with E-state index in [0.717, 1.165) is 16.8 Å². The number of nitrogens with one attached hydrogen (secondary N) is 1. The van der Waals surface area contributed by atoms with Crippen LogP contribution in [0.4, 0.5) is 14.5 Å². The molecule has 5 heteroatoms. The molecule has 0 saturated carbocycles. The van der Waals surface area contributed by atoms with Crippen LogP contribution >= 0.6 is 11.6 Å². The van der Waals surface area contributed by atoms with E-state index in [0.29, 0.717) is 17.3 Å². The average Bonchev–Trinajstić information content (AvgIpc) is 2.61. The van der Waals surface area contributed by atoms with E-state index in [1.165, 1.54) is 24.3 Å². The van der Waals surface area contributed by atoms with Crippen LogP contribution in [0.3, 0.4) is 0 Å². The fourth-order valence-electron chi connectivity index (χ4n) is 2.28. The Morgan fingerprint density at radius 3 is 2.20 bits per heavy atom. The van der Waals surface area contributed by atoms with Gasteiger partial charge in [-0.1, -0.05) is 29.8 Å². The Balaban J connectivity index is 1.54. The van der Waals surface area contributed by atoms with Gasteiger partial charge in [-0.2, -0.15) is 0 Å². The third kappa shape index (κ3) is 4.94. The van der Waals surface area contributed by atoms with E-state index in [-0.39, 0.29) is 18.2 Å². The van der Waals surface area contributed by atoms with Gasteiger partial charge in [0.1, 0.15) is 24.0 Å². The lowest BCUT2D eigenvalue weighted by Crippen LogP contribution is -2.00. The minimum Gasteiger partial charge on any atom is -0.489 e. The highest BCUT2D eigenvalue weighted by Gasteiger charge is 2.03. The van der Waals surface area contributed by atoms with E-state index in [1.807, 2.05) is 24.3 Å². The van der Waals surface area contributed by atoms with Gasteiger partial charge in [0.25, 0.3) is 0 Å². The second-order valence-corrected chi connectivity index (χ2v) is 5.94. The third-order valence-electron chi connectivity index (χ3n) is 3.67. The summed E-state index contributed by atoms with van der Waals surface area (Å²) in [5.74, 6) is 0.0750. The molecule has 3 aromatic carbocycles. The van der Waals surface area contributed by atoms with Crippen molar-refractivity contribution >= 4 is 17.3 Å². The Hall–Kier alpha value is -2.59. The lowest BCUT2D eigenvalue weighted by atomic mass is 10.2. The molecule has 0 fully saturated rings.